The number of amides is 2. The predicted octanol–water partition coefficient (Wildman–Crippen LogP) is 6.70. The molecular formula is C29H32Cl2N2O2S. The molecule has 0 aliphatic rings. The molecule has 0 aromatic heterocycles. The quantitative estimate of drug-likeness (QED) is 0.277. The fourth-order valence-corrected chi connectivity index (χ4v) is 5.07. The summed E-state index contributed by atoms with van der Waals surface area (Å²) in [5.41, 5.74) is 4.18. The molecule has 0 fully saturated rings. The highest BCUT2D eigenvalue weighted by molar-refractivity contribution is 7.99. The van der Waals surface area contributed by atoms with E-state index in [-0.39, 0.29) is 24.1 Å². The maximum Gasteiger partial charge on any atom is 0.243 e. The predicted molar refractivity (Wildman–Crippen MR) is 152 cm³/mol. The highest BCUT2D eigenvalue weighted by Gasteiger charge is 2.30. The Bertz CT molecular complexity index is 1160. The molecule has 0 heterocycles. The number of rotatable bonds is 12. The summed E-state index contributed by atoms with van der Waals surface area (Å²) in [7, 11) is 0. The van der Waals surface area contributed by atoms with Gasteiger partial charge in [-0.3, -0.25) is 9.59 Å². The summed E-state index contributed by atoms with van der Waals surface area (Å²) in [5.74, 6) is 0.741. The molecule has 0 saturated heterocycles. The van der Waals surface area contributed by atoms with Crippen LogP contribution in [0.5, 0.6) is 0 Å². The van der Waals surface area contributed by atoms with Crippen LogP contribution in [-0.4, -0.2) is 35.1 Å². The van der Waals surface area contributed by atoms with Crippen LogP contribution < -0.4 is 5.32 Å². The molecule has 3 rings (SSSR count). The van der Waals surface area contributed by atoms with Crippen molar-refractivity contribution in [2.24, 2.45) is 0 Å². The fraction of sp³-hybridized carbons (Fsp3) is 0.310. The van der Waals surface area contributed by atoms with Gasteiger partial charge in [-0.1, -0.05) is 96.4 Å². The number of nitrogens with one attached hydrogen (secondary N) is 1. The molecule has 0 aliphatic heterocycles. The Kier molecular flexibility index (Phi) is 11.2. The van der Waals surface area contributed by atoms with Gasteiger partial charge in [0.05, 0.1) is 15.8 Å². The van der Waals surface area contributed by atoms with Gasteiger partial charge < -0.3 is 10.2 Å². The number of carbonyl (C=O) groups excluding carboxylic acids is 2. The molecule has 190 valence electrons. The van der Waals surface area contributed by atoms with Crippen molar-refractivity contribution in [2.75, 3.05) is 12.3 Å². The van der Waals surface area contributed by atoms with E-state index in [0.717, 1.165) is 23.3 Å². The third-order valence-electron chi connectivity index (χ3n) is 5.73. The Labute approximate surface area is 228 Å². The molecule has 1 N–H and O–H groups in total. The Morgan fingerprint density at radius 1 is 0.917 bits per heavy atom. The summed E-state index contributed by atoms with van der Waals surface area (Å²) in [4.78, 5) is 28.7. The van der Waals surface area contributed by atoms with Crippen molar-refractivity contribution >= 4 is 46.8 Å². The number of hydrogen-bond donors (Lipinski definition) is 1. The first-order chi connectivity index (χ1) is 17.4. The Balaban J connectivity index is 1.85. The molecule has 3 aromatic carbocycles. The summed E-state index contributed by atoms with van der Waals surface area (Å²) in [6.07, 6.45) is 1.24. The van der Waals surface area contributed by atoms with Crippen LogP contribution in [0.4, 0.5) is 0 Å². The van der Waals surface area contributed by atoms with E-state index in [9.17, 15) is 9.59 Å². The van der Waals surface area contributed by atoms with E-state index in [1.54, 1.807) is 28.8 Å². The summed E-state index contributed by atoms with van der Waals surface area (Å²) in [6.45, 7) is 4.88. The van der Waals surface area contributed by atoms with E-state index in [4.69, 9.17) is 23.2 Å². The van der Waals surface area contributed by atoms with Crippen molar-refractivity contribution in [2.45, 2.75) is 45.0 Å². The van der Waals surface area contributed by atoms with Gasteiger partial charge in [0, 0.05) is 25.3 Å². The van der Waals surface area contributed by atoms with Crippen LogP contribution in [0, 0.1) is 6.92 Å². The van der Waals surface area contributed by atoms with Gasteiger partial charge >= 0.3 is 0 Å². The number of nitrogens with zero attached hydrogens (tertiary/aromatic N) is 1. The lowest BCUT2D eigenvalue weighted by Gasteiger charge is -2.31. The van der Waals surface area contributed by atoms with Gasteiger partial charge in [-0.2, -0.15) is 0 Å². The number of hydrogen-bond acceptors (Lipinski definition) is 3. The van der Waals surface area contributed by atoms with Crippen LogP contribution in [0.1, 0.15) is 35.6 Å². The lowest BCUT2D eigenvalue weighted by molar-refractivity contribution is -0.139. The lowest BCUT2D eigenvalue weighted by atomic mass is 10.0. The highest BCUT2D eigenvalue weighted by atomic mass is 35.5. The van der Waals surface area contributed by atoms with Crippen molar-refractivity contribution in [3.63, 3.8) is 0 Å². The first kappa shape index (κ1) is 28.1. The minimum Gasteiger partial charge on any atom is -0.354 e. The molecule has 1 atom stereocenters. The van der Waals surface area contributed by atoms with Crippen molar-refractivity contribution in [1.82, 2.24) is 10.2 Å². The van der Waals surface area contributed by atoms with E-state index in [0.29, 0.717) is 23.0 Å². The first-order valence-corrected chi connectivity index (χ1v) is 14.0. The van der Waals surface area contributed by atoms with Crippen LogP contribution in [0.3, 0.4) is 0 Å². The molecule has 2 amide bonds. The smallest absolute Gasteiger partial charge is 0.243 e. The van der Waals surface area contributed by atoms with Gasteiger partial charge in [0.1, 0.15) is 6.04 Å². The van der Waals surface area contributed by atoms with E-state index in [1.165, 1.54) is 11.1 Å². The minimum atomic E-state index is -0.652. The van der Waals surface area contributed by atoms with Gasteiger partial charge in [0.25, 0.3) is 0 Å². The number of halogens is 2. The molecule has 3 aromatic rings. The second-order valence-electron chi connectivity index (χ2n) is 8.75. The Hall–Kier alpha value is -2.47. The number of thioether (sulfide) groups is 1. The molecule has 0 bridgehead atoms. The summed E-state index contributed by atoms with van der Waals surface area (Å²) in [6, 6.07) is 22.7. The summed E-state index contributed by atoms with van der Waals surface area (Å²) >= 11 is 13.9. The SMILES string of the molecule is CCCNC(=O)C(Cc1ccccc1)N(Cc1ccc(Cl)c(Cl)c1)C(=O)CSCc1cccc(C)c1. The average Bonchev–Trinajstić information content (AvgIpc) is 2.87. The van der Waals surface area contributed by atoms with Crippen molar-refractivity contribution in [3.8, 4) is 0 Å². The van der Waals surface area contributed by atoms with Crippen LogP contribution in [0.15, 0.2) is 72.8 Å². The zero-order valence-electron chi connectivity index (χ0n) is 20.7. The Morgan fingerprint density at radius 3 is 2.36 bits per heavy atom. The highest BCUT2D eigenvalue weighted by Crippen LogP contribution is 2.25. The Morgan fingerprint density at radius 2 is 1.67 bits per heavy atom. The van der Waals surface area contributed by atoms with Crippen molar-refractivity contribution < 1.29 is 9.59 Å². The van der Waals surface area contributed by atoms with Gasteiger partial charge in [0.15, 0.2) is 0 Å². The molecule has 0 radical (unpaired) electrons. The minimum absolute atomic E-state index is 0.0914. The second kappa shape index (κ2) is 14.3. The number of benzene rings is 3. The summed E-state index contributed by atoms with van der Waals surface area (Å²) < 4.78 is 0. The lowest BCUT2D eigenvalue weighted by Crippen LogP contribution is -2.51. The molecule has 0 aliphatic carbocycles. The van der Waals surface area contributed by atoms with Gasteiger partial charge in [-0.05, 0) is 42.2 Å². The van der Waals surface area contributed by atoms with E-state index in [2.05, 4.69) is 30.4 Å². The van der Waals surface area contributed by atoms with E-state index >= 15 is 0 Å². The van der Waals surface area contributed by atoms with Gasteiger partial charge in [0.2, 0.25) is 11.8 Å². The third kappa shape index (κ3) is 8.58. The normalized spacial score (nSPS) is 11.7. The van der Waals surface area contributed by atoms with Gasteiger partial charge in [-0.25, -0.2) is 0 Å². The van der Waals surface area contributed by atoms with Crippen LogP contribution in [0.2, 0.25) is 10.0 Å². The third-order valence-corrected chi connectivity index (χ3v) is 7.46. The fourth-order valence-electron chi connectivity index (χ4n) is 3.90. The molecule has 36 heavy (non-hydrogen) atoms. The van der Waals surface area contributed by atoms with Crippen LogP contribution >= 0.6 is 35.0 Å². The van der Waals surface area contributed by atoms with Crippen molar-refractivity contribution in [1.29, 1.82) is 0 Å². The average molecular weight is 544 g/mol. The molecule has 4 nitrogen and oxygen atoms in total. The second-order valence-corrected chi connectivity index (χ2v) is 10.5. The molecule has 0 spiro atoms. The molecule has 0 saturated carbocycles. The van der Waals surface area contributed by atoms with Crippen LogP contribution in [0.25, 0.3) is 0 Å². The largest absolute Gasteiger partial charge is 0.354 e. The number of carbonyl (C=O) groups is 2. The van der Waals surface area contributed by atoms with E-state index < -0.39 is 6.04 Å². The van der Waals surface area contributed by atoms with Crippen molar-refractivity contribution in [3.05, 3.63) is 105 Å². The topological polar surface area (TPSA) is 49.4 Å². The number of aryl methyl sites for hydroxylation is 1. The molecular weight excluding hydrogens is 511 g/mol. The van der Waals surface area contributed by atoms with Gasteiger partial charge in [-0.15, -0.1) is 11.8 Å². The standard InChI is InChI=1S/C29H32Cl2N2O2S/c1-3-14-32-29(35)27(17-22-9-5-4-6-10-22)33(18-23-12-13-25(30)26(31)16-23)28(34)20-36-19-24-11-7-8-21(2)15-24/h4-13,15-16,27H,3,14,17-20H2,1-2H3,(H,32,35). The maximum atomic E-state index is 13.6. The molecule has 7 heteroatoms. The molecule has 1 unspecified atom stereocenters. The zero-order valence-corrected chi connectivity index (χ0v) is 23.0. The maximum absolute atomic E-state index is 13.6. The van der Waals surface area contributed by atoms with E-state index in [1.807, 2.05) is 49.4 Å². The summed E-state index contributed by atoms with van der Waals surface area (Å²) in [5, 5.41) is 3.87. The van der Waals surface area contributed by atoms with Crippen LogP contribution in [-0.2, 0) is 28.3 Å². The zero-order chi connectivity index (χ0) is 25.9. The monoisotopic (exact) mass is 542 g/mol. The first-order valence-electron chi connectivity index (χ1n) is 12.1.